The summed E-state index contributed by atoms with van der Waals surface area (Å²) in [7, 11) is 0. The predicted octanol–water partition coefficient (Wildman–Crippen LogP) is 0.965. The van der Waals surface area contributed by atoms with Crippen LogP contribution in [0.1, 0.15) is 38.9 Å². The normalized spacial score (nSPS) is 18.6. The highest BCUT2D eigenvalue weighted by atomic mass is 16.5. The van der Waals surface area contributed by atoms with Crippen molar-refractivity contribution in [1.29, 1.82) is 0 Å². The molecule has 1 aliphatic rings. The van der Waals surface area contributed by atoms with Crippen LogP contribution in [-0.2, 0) is 17.7 Å². The van der Waals surface area contributed by atoms with Gasteiger partial charge in [0.05, 0.1) is 6.10 Å². The molecule has 1 aliphatic heterocycles. The molecule has 2 rings (SSSR count). The van der Waals surface area contributed by atoms with Crippen LogP contribution in [0.4, 0.5) is 0 Å². The van der Waals surface area contributed by atoms with Crippen molar-refractivity contribution in [2.45, 2.75) is 52.2 Å². The zero-order chi connectivity index (χ0) is 15.6. The molecule has 0 spiro atoms. The smallest absolute Gasteiger partial charge is 0.191 e. The number of hydrogen-bond donors (Lipinski definition) is 2. The molecule has 1 aromatic heterocycles. The van der Waals surface area contributed by atoms with E-state index in [1.165, 1.54) is 12.8 Å². The standard InChI is InChI=1S/C15H28N6O/c1-3-14-20-19-12-21(14)10-9-18-15(16-4-2)17-8-7-13-6-5-11-22-13/h12-13H,3-11H2,1-2H3,(H2,16,17,18). The summed E-state index contributed by atoms with van der Waals surface area (Å²) in [5.74, 6) is 1.88. The van der Waals surface area contributed by atoms with Gasteiger partial charge in [-0.3, -0.25) is 4.99 Å². The van der Waals surface area contributed by atoms with E-state index in [1.807, 2.05) is 0 Å². The Hall–Kier alpha value is -1.63. The van der Waals surface area contributed by atoms with Gasteiger partial charge < -0.3 is 19.9 Å². The van der Waals surface area contributed by atoms with Crippen LogP contribution in [0, 0.1) is 0 Å². The van der Waals surface area contributed by atoms with Crippen LogP contribution in [0.5, 0.6) is 0 Å². The predicted molar refractivity (Wildman–Crippen MR) is 87.0 cm³/mol. The Morgan fingerprint density at radius 2 is 2.36 bits per heavy atom. The molecule has 0 radical (unpaired) electrons. The molecule has 7 nitrogen and oxygen atoms in total. The van der Waals surface area contributed by atoms with E-state index < -0.39 is 0 Å². The molecule has 2 heterocycles. The maximum atomic E-state index is 5.62. The fourth-order valence-electron chi connectivity index (χ4n) is 2.57. The zero-order valence-corrected chi connectivity index (χ0v) is 13.7. The number of aliphatic imine (C=N–C) groups is 1. The minimum Gasteiger partial charge on any atom is -0.378 e. The van der Waals surface area contributed by atoms with E-state index in [-0.39, 0.29) is 0 Å². The van der Waals surface area contributed by atoms with E-state index in [9.17, 15) is 0 Å². The molecule has 0 amide bonds. The van der Waals surface area contributed by atoms with Crippen molar-refractivity contribution >= 4 is 5.96 Å². The first-order valence-corrected chi connectivity index (χ1v) is 8.34. The Balaban J connectivity index is 1.72. The minimum absolute atomic E-state index is 0.399. The summed E-state index contributed by atoms with van der Waals surface area (Å²) in [4.78, 5) is 4.61. The molecule has 1 saturated heterocycles. The van der Waals surface area contributed by atoms with Gasteiger partial charge >= 0.3 is 0 Å². The topological polar surface area (TPSA) is 76.4 Å². The van der Waals surface area contributed by atoms with Crippen LogP contribution < -0.4 is 10.6 Å². The average Bonchev–Trinajstić information content (AvgIpc) is 3.18. The van der Waals surface area contributed by atoms with E-state index in [4.69, 9.17) is 4.74 Å². The number of nitrogens with zero attached hydrogens (tertiary/aromatic N) is 4. The molecule has 1 aromatic rings. The van der Waals surface area contributed by atoms with Crippen LogP contribution in [0.3, 0.4) is 0 Å². The molecule has 0 saturated carbocycles. The molecular formula is C15H28N6O. The maximum Gasteiger partial charge on any atom is 0.191 e. The van der Waals surface area contributed by atoms with Gasteiger partial charge in [0.25, 0.3) is 0 Å². The van der Waals surface area contributed by atoms with Gasteiger partial charge in [0, 0.05) is 39.2 Å². The van der Waals surface area contributed by atoms with Crippen LogP contribution in [-0.4, -0.2) is 53.1 Å². The number of guanidine groups is 1. The Morgan fingerprint density at radius 1 is 1.45 bits per heavy atom. The van der Waals surface area contributed by atoms with E-state index >= 15 is 0 Å². The van der Waals surface area contributed by atoms with Crippen molar-refractivity contribution in [3.8, 4) is 0 Å². The molecule has 1 unspecified atom stereocenters. The lowest BCUT2D eigenvalue weighted by Gasteiger charge is -2.13. The number of nitrogens with one attached hydrogen (secondary N) is 2. The quantitative estimate of drug-likeness (QED) is 0.553. The third kappa shape index (κ3) is 5.29. The van der Waals surface area contributed by atoms with Crippen molar-refractivity contribution < 1.29 is 4.74 Å². The molecule has 1 atom stereocenters. The summed E-state index contributed by atoms with van der Waals surface area (Å²) >= 11 is 0. The minimum atomic E-state index is 0.399. The second-order valence-electron chi connectivity index (χ2n) is 5.41. The Bertz CT molecular complexity index is 453. The van der Waals surface area contributed by atoms with Crippen LogP contribution in [0.25, 0.3) is 0 Å². The largest absolute Gasteiger partial charge is 0.378 e. The van der Waals surface area contributed by atoms with Gasteiger partial charge in [-0.1, -0.05) is 6.92 Å². The molecule has 1 fully saturated rings. The highest BCUT2D eigenvalue weighted by molar-refractivity contribution is 5.79. The number of ether oxygens (including phenoxy) is 1. The summed E-state index contributed by atoms with van der Waals surface area (Å²) in [6, 6.07) is 0. The van der Waals surface area contributed by atoms with Crippen molar-refractivity contribution in [3.05, 3.63) is 12.2 Å². The van der Waals surface area contributed by atoms with Gasteiger partial charge in [-0.25, -0.2) is 0 Å². The Labute approximate surface area is 132 Å². The third-order valence-corrected chi connectivity index (χ3v) is 3.75. The first-order chi connectivity index (χ1) is 10.8. The highest BCUT2D eigenvalue weighted by Crippen LogP contribution is 2.14. The van der Waals surface area contributed by atoms with Gasteiger partial charge in [0.1, 0.15) is 12.2 Å². The Kier molecular flexibility index (Phi) is 7.15. The van der Waals surface area contributed by atoms with Crippen LogP contribution in [0.15, 0.2) is 11.3 Å². The van der Waals surface area contributed by atoms with Crippen molar-refractivity contribution in [2.24, 2.45) is 4.99 Å². The number of rotatable bonds is 8. The van der Waals surface area contributed by atoms with Gasteiger partial charge in [-0.05, 0) is 26.2 Å². The van der Waals surface area contributed by atoms with Gasteiger partial charge in [0.15, 0.2) is 5.96 Å². The molecule has 0 aliphatic carbocycles. The van der Waals surface area contributed by atoms with Crippen LogP contribution in [0.2, 0.25) is 0 Å². The first kappa shape index (κ1) is 16.7. The summed E-state index contributed by atoms with van der Waals surface area (Å²) in [6.07, 6.45) is 6.44. The molecular weight excluding hydrogens is 280 g/mol. The van der Waals surface area contributed by atoms with Crippen LogP contribution >= 0.6 is 0 Å². The van der Waals surface area contributed by atoms with E-state index in [1.54, 1.807) is 6.33 Å². The second kappa shape index (κ2) is 9.40. The monoisotopic (exact) mass is 308 g/mol. The molecule has 22 heavy (non-hydrogen) atoms. The Morgan fingerprint density at radius 3 is 3.09 bits per heavy atom. The van der Waals surface area contributed by atoms with Crippen molar-refractivity contribution in [1.82, 2.24) is 25.4 Å². The lowest BCUT2D eigenvalue weighted by atomic mass is 10.2. The van der Waals surface area contributed by atoms with E-state index in [2.05, 4.69) is 44.2 Å². The van der Waals surface area contributed by atoms with Gasteiger partial charge in [-0.2, -0.15) is 0 Å². The first-order valence-electron chi connectivity index (χ1n) is 8.34. The molecule has 0 aromatic carbocycles. The summed E-state index contributed by atoms with van der Waals surface area (Å²) in [5, 5.41) is 14.7. The number of hydrogen-bond acceptors (Lipinski definition) is 4. The summed E-state index contributed by atoms with van der Waals surface area (Å²) in [6.45, 7) is 8.37. The van der Waals surface area contributed by atoms with Gasteiger partial charge in [0.2, 0.25) is 0 Å². The fraction of sp³-hybridized carbons (Fsp3) is 0.800. The maximum absolute atomic E-state index is 5.62. The third-order valence-electron chi connectivity index (χ3n) is 3.75. The lowest BCUT2D eigenvalue weighted by molar-refractivity contribution is 0.106. The van der Waals surface area contributed by atoms with Crippen molar-refractivity contribution in [2.75, 3.05) is 26.2 Å². The van der Waals surface area contributed by atoms with Gasteiger partial charge in [-0.15, -0.1) is 10.2 Å². The fourth-order valence-corrected chi connectivity index (χ4v) is 2.57. The highest BCUT2D eigenvalue weighted by Gasteiger charge is 2.14. The molecule has 124 valence electrons. The van der Waals surface area contributed by atoms with E-state index in [0.29, 0.717) is 6.10 Å². The zero-order valence-electron chi connectivity index (χ0n) is 13.7. The van der Waals surface area contributed by atoms with Crippen molar-refractivity contribution in [3.63, 3.8) is 0 Å². The second-order valence-corrected chi connectivity index (χ2v) is 5.41. The SMILES string of the molecule is CCNC(=NCCC1CCCO1)NCCn1cnnc1CC. The average molecular weight is 308 g/mol. The number of aryl methyl sites for hydroxylation is 1. The van der Waals surface area contributed by atoms with E-state index in [0.717, 1.165) is 57.4 Å². The summed E-state index contributed by atoms with van der Waals surface area (Å²) < 4.78 is 7.70. The molecule has 7 heteroatoms. The molecule has 0 bridgehead atoms. The molecule has 2 N–H and O–H groups in total. The lowest BCUT2D eigenvalue weighted by Crippen LogP contribution is -2.39. The summed E-state index contributed by atoms with van der Waals surface area (Å²) in [5.41, 5.74) is 0. The number of aromatic nitrogens is 3.